The van der Waals surface area contributed by atoms with Crippen molar-refractivity contribution >= 4 is 11.7 Å². The Hall–Kier alpha value is -1.51. The maximum Gasteiger partial charge on any atom is 0.303 e. The number of nitrogens with one attached hydrogen (secondary N) is 1. The van der Waals surface area contributed by atoms with Crippen LogP contribution in [0.4, 0.5) is 5.69 Å². The van der Waals surface area contributed by atoms with E-state index in [1.165, 1.54) is 18.4 Å². The van der Waals surface area contributed by atoms with E-state index in [0.717, 1.165) is 12.1 Å². The van der Waals surface area contributed by atoms with Crippen molar-refractivity contribution in [1.82, 2.24) is 0 Å². The summed E-state index contributed by atoms with van der Waals surface area (Å²) in [5.74, 6) is -0.737. The van der Waals surface area contributed by atoms with Gasteiger partial charge in [0.1, 0.15) is 0 Å². The summed E-state index contributed by atoms with van der Waals surface area (Å²) in [5.41, 5.74) is 2.42. The third kappa shape index (κ3) is 5.71. The second-order valence-electron chi connectivity index (χ2n) is 4.78. The van der Waals surface area contributed by atoms with E-state index >= 15 is 0 Å². The van der Waals surface area contributed by atoms with Gasteiger partial charge in [0, 0.05) is 18.2 Å². The molecule has 0 amide bonds. The van der Waals surface area contributed by atoms with Gasteiger partial charge in [-0.2, -0.15) is 0 Å². The number of unbranched alkanes of at least 4 members (excludes halogenated alkanes) is 1. The van der Waals surface area contributed by atoms with Gasteiger partial charge in [0.05, 0.1) is 0 Å². The largest absolute Gasteiger partial charge is 0.481 e. The molecule has 100 valence electrons. The van der Waals surface area contributed by atoms with Crippen molar-refractivity contribution in [3.8, 4) is 0 Å². The van der Waals surface area contributed by atoms with Crippen LogP contribution < -0.4 is 5.32 Å². The first-order valence-electron chi connectivity index (χ1n) is 6.69. The van der Waals surface area contributed by atoms with E-state index in [4.69, 9.17) is 5.11 Å². The monoisotopic (exact) mass is 249 g/mol. The highest BCUT2D eigenvalue weighted by Gasteiger charge is 2.05. The van der Waals surface area contributed by atoms with Crippen LogP contribution >= 0.6 is 0 Å². The van der Waals surface area contributed by atoms with Crippen LogP contribution in [-0.4, -0.2) is 17.1 Å². The lowest BCUT2D eigenvalue weighted by Crippen LogP contribution is -2.16. The van der Waals surface area contributed by atoms with Gasteiger partial charge in [0.15, 0.2) is 0 Å². The average Bonchev–Trinajstić information content (AvgIpc) is 2.35. The molecule has 0 aliphatic carbocycles. The van der Waals surface area contributed by atoms with Crippen LogP contribution in [0.2, 0.25) is 0 Å². The van der Waals surface area contributed by atoms with Gasteiger partial charge in [-0.25, -0.2) is 0 Å². The fourth-order valence-corrected chi connectivity index (χ4v) is 1.85. The zero-order valence-electron chi connectivity index (χ0n) is 11.3. The van der Waals surface area contributed by atoms with Crippen LogP contribution in [-0.2, 0) is 11.2 Å². The van der Waals surface area contributed by atoms with Gasteiger partial charge in [-0.05, 0) is 43.9 Å². The van der Waals surface area contributed by atoms with Crippen molar-refractivity contribution in [1.29, 1.82) is 0 Å². The normalized spacial score (nSPS) is 12.1. The van der Waals surface area contributed by atoms with Crippen LogP contribution in [0.5, 0.6) is 0 Å². The van der Waals surface area contributed by atoms with Gasteiger partial charge in [0.2, 0.25) is 0 Å². The van der Waals surface area contributed by atoms with Crippen molar-refractivity contribution < 1.29 is 9.90 Å². The topological polar surface area (TPSA) is 49.3 Å². The number of carboxylic acid groups (broad SMARTS) is 1. The van der Waals surface area contributed by atoms with E-state index in [1.807, 2.05) is 6.92 Å². The highest BCUT2D eigenvalue weighted by molar-refractivity contribution is 5.66. The molecule has 0 radical (unpaired) electrons. The van der Waals surface area contributed by atoms with Crippen LogP contribution in [0.25, 0.3) is 0 Å². The van der Waals surface area contributed by atoms with Crippen molar-refractivity contribution in [2.45, 2.75) is 52.0 Å². The summed E-state index contributed by atoms with van der Waals surface area (Å²) >= 11 is 0. The van der Waals surface area contributed by atoms with E-state index in [9.17, 15) is 4.79 Å². The zero-order chi connectivity index (χ0) is 13.4. The average molecular weight is 249 g/mol. The summed E-state index contributed by atoms with van der Waals surface area (Å²) in [6.07, 6.45) is 4.43. The lowest BCUT2D eigenvalue weighted by Gasteiger charge is -2.14. The highest BCUT2D eigenvalue weighted by atomic mass is 16.4. The third-order valence-electron chi connectivity index (χ3n) is 2.98. The van der Waals surface area contributed by atoms with E-state index in [1.54, 1.807) is 0 Å². The van der Waals surface area contributed by atoms with Crippen LogP contribution in [0.3, 0.4) is 0 Å². The molecule has 1 atom stereocenters. The second-order valence-corrected chi connectivity index (χ2v) is 4.78. The van der Waals surface area contributed by atoms with Crippen molar-refractivity contribution in [2.75, 3.05) is 5.32 Å². The molecule has 0 spiro atoms. The number of aliphatic carboxylic acids is 1. The van der Waals surface area contributed by atoms with E-state index in [2.05, 4.69) is 36.5 Å². The fourth-order valence-electron chi connectivity index (χ4n) is 1.85. The molecule has 0 saturated carbocycles. The van der Waals surface area contributed by atoms with Crippen LogP contribution in [0, 0.1) is 0 Å². The van der Waals surface area contributed by atoms with E-state index in [-0.39, 0.29) is 12.5 Å². The Kier molecular flexibility index (Phi) is 6.26. The third-order valence-corrected chi connectivity index (χ3v) is 2.98. The Labute approximate surface area is 109 Å². The van der Waals surface area contributed by atoms with Gasteiger partial charge in [0.25, 0.3) is 0 Å². The molecule has 0 aliphatic heterocycles. The standard InChI is InChI=1S/C15H23NO2/c1-3-4-5-13-7-9-14(10-8-13)16-12(2)6-11-15(17)18/h7-10,12,16H,3-6,11H2,1-2H3,(H,17,18). The number of rotatable bonds is 8. The molecule has 1 aromatic carbocycles. The van der Waals surface area contributed by atoms with Crippen molar-refractivity contribution in [3.63, 3.8) is 0 Å². The molecule has 2 N–H and O–H groups in total. The van der Waals surface area contributed by atoms with Gasteiger partial charge < -0.3 is 10.4 Å². The SMILES string of the molecule is CCCCc1ccc(NC(C)CCC(=O)O)cc1. The number of hydrogen-bond acceptors (Lipinski definition) is 2. The molecular weight excluding hydrogens is 226 g/mol. The van der Waals surface area contributed by atoms with Crippen LogP contribution in [0.1, 0.15) is 45.1 Å². The molecule has 0 fully saturated rings. The fraction of sp³-hybridized carbons (Fsp3) is 0.533. The summed E-state index contributed by atoms with van der Waals surface area (Å²) in [6, 6.07) is 8.61. The van der Waals surface area contributed by atoms with Crippen molar-refractivity contribution in [2.24, 2.45) is 0 Å². The minimum Gasteiger partial charge on any atom is -0.481 e. The molecule has 18 heavy (non-hydrogen) atoms. The number of aryl methyl sites for hydroxylation is 1. The molecule has 0 heterocycles. The molecule has 3 nitrogen and oxygen atoms in total. The first kappa shape index (κ1) is 14.6. The Morgan fingerprint density at radius 3 is 2.56 bits per heavy atom. The molecule has 0 bridgehead atoms. The maximum atomic E-state index is 10.5. The van der Waals surface area contributed by atoms with Gasteiger partial charge in [-0.15, -0.1) is 0 Å². The van der Waals surface area contributed by atoms with Gasteiger partial charge in [-0.3, -0.25) is 4.79 Å². The number of anilines is 1. The van der Waals surface area contributed by atoms with Crippen molar-refractivity contribution in [3.05, 3.63) is 29.8 Å². The van der Waals surface area contributed by atoms with E-state index < -0.39 is 5.97 Å². The molecule has 1 unspecified atom stereocenters. The molecule has 1 aromatic rings. The quantitative estimate of drug-likeness (QED) is 0.738. The highest BCUT2D eigenvalue weighted by Crippen LogP contribution is 2.14. The molecule has 0 aliphatic rings. The maximum absolute atomic E-state index is 10.5. The molecule has 0 aromatic heterocycles. The Bertz CT molecular complexity index is 359. The second kappa shape index (κ2) is 7.75. The molecule has 0 saturated heterocycles. The Morgan fingerprint density at radius 1 is 1.33 bits per heavy atom. The lowest BCUT2D eigenvalue weighted by molar-refractivity contribution is -0.137. The summed E-state index contributed by atoms with van der Waals surface area (Å²) in [7, 11) is 0. The Balaban J connectivity index is 2.40. The minimum atomic E-state index is -0.737. The van der Waals surface area contributed by atoms with E-state index in [0.29, 0.717) is 6.42 Å². The van der Waals surface area contributed by atoms with Gasteiger partial charge in [-0.1, -0.05) is 25.5 Å². The predicted molar refractivity (Wildman–Crippen MR) is 75.0 cm³/mol. The lowest BCUT2D eigenvalue weighted by atomic mass is 10.1. The summed E-state index contributed by atoms with van der Waals surface area (Å²) in [4.78, 5) is 10.5. The summed E-state index contributed by atoms with van der Waals surface area (Å²) in [5, 5.41) is 11.9. The number of benzene rings is 1. The number of carboxylic acids is 1. The summed E-state index contributed by atoms with van der Waals surface area (Å²) < 4.78 is 0. The smallest absolute Gasteiger partial charge is 0.303 e. The zero-order valence-corrected chi connectivity index (χ0v) is 11.3. The minimum absolute atomic E-state index is 0.183. The molecular formula is C15H23NO2. The molecule has 1 rings (SSSR count). The predicted octanol–water partition coefficient (Wildman–Crippen LogP) is 3.69. The first-order valence-corrected chi connectivity index (χ1v) is 6.69. The van der Waals surface area contributed by atoms with Crippen LogP contribution in [0.15, 0.2) is 24.3 Å². The summed E-state index contributed by atoms with van der Waals surface area (Å²) in [6.45, 7) is 4.20. The molecule has 3 heteroatoms. The number of carbonyl (C=O) groups is 1. The number of hydrogen-bond donors (Lipinski definition) is 2. The first-order chi connectivity index (χ1) is 8.61. The van der Waals surface area contributed by atoms with Gasteiger partial charge >= 0.3 is 5.97 Å². The Morgan fingerprint density at radius 2 is 2.00 bits per heavy atom.